The fourth-order valence-electron chi connectivity index (χ4n) is 1.65. The second kappa shape index (κ2) is 4.23. The Kier molecular flexibility index (Phi) is 2.55. The Morgan fingerprint density at radius 1 is 1.21 bits per heavy atom. The maximum atomic E-state index is 13.4. The first-order valence-electron chi connectivity index (χ1n) is 5.39. The van der Waals surface area contributed by atoms with E-state index in [1.54, 1.807) is 13.1 Å². The molecular formula is C11H8F2N6. The molecule has 0 aliphatic rings. The van der Waals surface area contributed by atoms with Crippen LogP contribution < -0.4 is 5.32 Å². The summed E-state index contributed by atoms with van der Waals surface area (Å²) in [5.74, 6) is -1.54. The zero-order valence-corrected chi connectivity index (χ0v) is 9.78. The second-order valence-corrected chi connectivity index (χ2v) is 3.87. The number of aryl methyl sites for hydroxylation is 1. The summed E-state index contributed by atoms with van der Waals surface area (Å²) in [5.41, 5.74) is 1.21. The molecule has 0 radical (unpaired) electrons. The number of fused-ring (bicyclic) bond motifs is 1. The van der Waals surface area contributed by atoms with Crippen molar-refractivity contribution >= 4 is 22.8 Å². The topological polar surface area (TPSA) is 79.4 Å². The summed E-state index contributed by atoms with van der Waals surface area (Å²) in [6, 6.07) is 0.733. The molecule has 0 unspecified atom stereocenters. The van der Waals surface area contributed by atoms with E-state index in [-0.39, 0.29) is 11.8 Å². The van der Waals surface area contributed by atoms with Crippen LogP contribution in [0.15, 0.2) is 18.5 Å². The van der Waals surface area contributed by atoms with E-state index in [9.17, 15) is 8.78 Å². The van der Waals surface area contributed by atoms with Crippen molar-refractivity contribution in [3.63, 3.8) is 0 Å². The highest BCUT2D eigenvalue weighted by Gasteiger charge is 2.10. The van der Waals surface area contributed by atoms with Crippen LogP contribution in [0.25, 0.3) is 11.0 Å². The van der Waals surface area contributed by atoms with Gasteiger partial charge in [0.2, 0.25) is 5.95 Å². The minimum Gasteiger partial charge on any atom is -0.306 e. The average molecular weight is 262 g/mol. The molecule has 0 saturated carbocycles. The number of halogens is 2. The van der Waals surface area contributed by atoms with E-state index < -0.39 is 11.6 Å². The first kappa shape index (κ1) is 11.5. The van der Waals surface area contributed by atoms with Crippen molar-refractivity contribution in [3.8, 4) is 0 Å². The zero-order valence-electron chi connectivity index (χ0n) is 9.78. The number of aromatic amines is 1. The smallest absolute Gasteiger partial charge is 0.230 e. The van der Waals surface area contributed by atoms with Gasteiger partial charge in [0.05, 0.1) is 23.5 Å². The number of H-pyrrole nitrogens is 1. The number of rotatable bonds is 2. The lowest BCUT2D eigenvalue weighted by Gasteiger charge is -2.05. The van der Waals surface area contributed by atoms with Crippen molar-refractivity contribution in [1.82, 2.24) is 25.1 Å². The van der Waals surface area contributed by atoms with Crippen LogP contribution in [-0.2, 0) is 0 Å². The van der Waals surface area contributed by atoms with Crippen LogP contribution in [0.3, 0.4) is 0 Å². The summed E-state index contributed by atoms with van der Waals surface area (Å²) in [6.45, 7) is 1.78. The molecule has 0 aliphatic carbocycles. The molecule has 0 amide bonds. The normalized spacial score (nSPS) is 10.9. The molecule has 3 aromatic heterocycles. The Hall–Kier alpha value is -2.64. The van der Waals surface area contributed by atoms with Crippen molar-refractivity contribution in [2.75, 3.05) is 5.32 Å². The fraction of sp³-hybridized carbons (Fsp3) is 0.0909. The van der Waals surface area contributed by atoms with Gasteiger partial charge in [-0.1, -0.05) is 0 Å². The van der Waals surface area contributed by atoms with Crippen molar-refractivity contribution in [2.45, 2.75) is 6.92 Å². The Morgan fingerprint density at radius 3 is 2.84 bits per heavy atom. The Bertz CT molecular complexity index is 754. The van der Waals surface area contributed by atoms with Crippen LogP contribution in [0.1, 0.15) is 5.69 Å². The molecule has 0 fully saturated rings. The summed E-state index contributed by atoms with van der Waals surface area (Å²) in [5, 5.41) is 9.92. The maximum absolute atomic E-state index is 13.4. The Balaban J connectivity index is 2.00. The molecule has 3 heterocycles. The van der Waals surface area contributed by atoms with Crippen molar-refractivity contribution < 1.29 is 8.78 Å². The second-order valence-electron chi connectivity index (χ2n) is 3.87. The van der Waals surface area contributed by atoms with E-state index in [2.05, 4.69) is 30.5 Å². The standard InChI is InChI=1S/C11H8F2N6/c1-5-7-4-15-19-9(7)17-11(16-5)18-10-8(13)2-6(12)3-14-10/h2-4H,1H3,(H2,14,15,16,17,18,19). The van der Waals surface area contributed by atoms with Gasteiger partial charge in [-0.2, -0.15) is 10.1 Å². The first-order valence-corrected chi connectivity index (χ1v) is 5.39. The summed E-state index contributed by atoms with van der Waals surface area (Å²) >= 11 is 0. The minimum atomic E-state index is -0.814. The van der Waals surface area contributed by atoms with Crippen LogP contribution in [-0.4, -0.2) is 25.1 Å². The van der Waals surface area contributed by atoms with Crippen molar-refractivity contribution in [3.05, 3.63) is 35.8 Å². The molecule has 6 nitrogen and oxygen atoms in total. The van der Waals surface area contributed by atoms with E-state index in [0.29, 0.717) is 11.3 Å². The zero-order chi connectivity index (χ0) is 13.4. The highest BCUT2D eigenvalue weighted by Crippen LogP contribution is 2.18. The van der Waals surface area contributed by atoms with E-state index in [1.165, 1.54) is 0 Å². The lowest BCUT2D eigenvalue weighted by Crippen LogP contribution is -2.03. The summed E-state index contributed by atoms with van der Waals surface area (Å²) in [6.07, 6.45) is 2.51. The van der Waals surface area contributed by atoms with Gasteiger partial charge in [-0.15, -0.1) is 0 Å². The molecule has 19 heavy (non-hydrogen) atoms. The van der Waals surface area contributed by atoms with Crippen LogP contribution >= 0.6 is 0 Å². The van der Waals surface area contributed by atoms with Gasteiger partial charge < -0.3 is 5.32 Å². The van der Waals surface area contributed by atoms with Crippen LogP contribution in [0, 0.1) is 18.6 Å². The fourth-order valence-corrected chi connectivity index (χ4v) is 1.65. The molecule has 0 bridgehead atoms. The summed E-state index contributed by atoms with van der Waals surface area (Å²) < 4.78 is 26.2. The molecule has 3 rings (SSSR count). The third-order valence-corrected chi connectivity index (χ3v) is 2.54. The molecule has 8 heteroatoms. The van der Waals surface area contributed by atoms with Crippen LogP contribution in [0.5, 0.6) is 0 Å². The number of aromatic nitrogens is 5. The van der Waals surface area contributed by atoms with Gasteiger partial charge in [0.25, 0.3) is 0 Å². The highest BCUT2D eigenvalue weighted by atomic mass is 19.1. The van der Waals surface area contributed by atoms with Crippen LogP contribution in [0.2, 0.25) is 0 Å². The first-order chi connectivity index (χ1) is 9.13. The molecule has 0 aliphatic heterocycles. The quantitative estimate of drug-likeness (QED) is 0.739. The van der Waals surface area contributed by atoms with Crippen LogP contribution in [0.4, 0.5) is 20.5 Å². The number of nitrogens with one attached hydrogen (secondary N) is 2. The molecule has 0 saturated heterocycles. The van der Waals surface area contributed by atoms with E-state index in [4.69, 9.17) is 0 Å². The van der Waals surface area contributed by atoms with E-state index >= 15 is 0 Å². The lowest BCUT2D eigenvalue weighted by atomic mass is 10.3. The number of nitrogens with zero attached hydrogens (tertiary/aromatic N) is 4. The summed E-state index contributed by atoms with van der Waals surface area (Å²) in [7, 11) is 0. The maximum Gasteiger partial charge on any atom is 0.230 e. The predicted octanol–water partition coefficient (Wildman–Crippen LogP) is 2.08. The third kappa shape index (κ3) is 2.07. The Labute approximate surface area is 105 Å². The van der Waals surface area contributed by atoms with Gasteiger partial charge in [-0.05, 0) is 6.92 Å². The molecule has 0 spiro atoms. The molecule has 0 aromatic carbocycles. The number of pyridine rings is 1. The minimum absolute atomic E-state index is 0.139. The molecule has 0 atom stereocenters. The van der Waals surface area contributed by atoms with Gasteiger partial charge in [0.15, 0.2) is 17.3 Å². The summed E-state index contributed by atoms with van der Waals surface area (Å²) in [4.78, 5) is 11.9. The molecular weight excluding hydrogens is 254 g/mol. The number of anilines is 2. The molecule has 3 aromatic rings. The lowest BCUT2D eigenvalue weighted by molar-refractivity contribution is 0.576. The molecule has 96 valence electrons. The third-order valence-electron chi connectivity index (χ3n) is 2.54. The van der Waals surface area contributed by atoms with Gasteiger partial charge in [0, 0.05) is 6.07 Å². The number of hydrogen-bond donors (Lipinski definition) is 2. The van der Waals surface area contributed by atoms with E-state index in [0.717, 1.165) is 17.6 Å². The van der Waals surface area contributed by atoms with Crippen molar-refractivity contribution in [1.29, 1.82) is 0 Å². The van der Waals surface area contributed by atoms with Gasteiger partial charge in [-0.3, -0.25) is 5.10 Å². The predicted molar refractivity (Wildman–Crippen MR) is 63.9 cm³/mol. The average Bonchev–Trinajstić information content (AvgIpc) is 2.81. The number of hydrogen-bond acceptors (Lipinski definition) is 5. The molecule has 2 N–H and O–H groups in total. The van der Waals surface area contributed by atoms with Gasteiger partial charge in [-0.25, -0.2) is 18.7 Å². The monoisotopic (exact) mass is 262 g/mol. The highest BCUT2D eigenvalue weighted by molar-refractivity contribution is 5.77. The van der Waals surface area contributed by atoms with Gasteiger partial charge >= 0.3 is 0 Å². The largest absolute Gasteiger partial charge is 0.306 e. The Morgan fingerprint density at radius 2 is 2.05 bits per heavy atom. The van der Waals surface area contributed by atoms with E-state index in [1.807, 2.05) is 0 Å². The van der Waals surface area contributed by atoms with Gasteiger partial charge in [0.1, 0.15) is 5.82 Å². The van der Waals surface area contributed by atoms with Crippen molar-refractivity contribution in [2.24, 2.45) is 0 Å². The SMILES string of the molecule is Cc1nc(Nc2ncc(F)cc2F)nc2[nH]ncc12.